The molecule has 0 saturated heterocycles. The molecule has 0 fully saturated rings. The lowest BCUT2D eigenvalue weighted by molar-refractivity contribution is -0.176. The molecule has 0 aromatic rings. The molecule has 0 aliphatic heterocycles. The molecule has 0 N–H and O–H groups in total. The zero-order chi connectivity index (χ0) is 20.7. The summed E-state index contributed by atoms with van der Waals surface area (Å²) in [7, 11) is 1.24. The average molecular weight is 352 g/mol. The summed E-state index contributed by atoms with van der Waals surface area (Å²) in [5.41, 5.74) is 0.0103. The fraction of sp³-hybridized carbons (Fsp3) is 1.00. The lowest BCUT2D eigenvalue weighted by Gasteiger charge is -2.53. The normalized spacial score (nSPS) is 15.7. The van der Waals surface area contributed by atoms with Gasteiger partial charge in [0.15, 0.2) is 0 Å². The van der Waals surface area contributed by atoms with Crippen molar-refractivity contribution in [2.45, 2.75) is 132 Å². The molecule has 0 rings (SSSR count). The summed E-state index contributed by atoms with van der Waals surface area (Å²) in [5.74, 6) is 0.691. The SMILES string of the molecule is CC(C)C(C)(C)BC(C)(C)C(C)(C)CC(C)(C)C(C)(C)OC(C)(C)C. The van der Waals surface area contributed by atoms with Gasteiger partial charge in [0.25, 0.3) is 0 Å². The lowest BCUT2D eigenvalue weighted by atomic mass is 9.32. The van der Waals surface area contributed by atoms with Gasteiger partial charge in [-0.25, -0.2) is 0 Å². The highest BCUT2D eigenvalue weighted by Gasteiger charge is 2.49. The molecule has 0 bridgehead atoms. The zero-order valence-electron chi connectivity index (χ0n) is 20.4. The van der Waals surface area contributed by atoms with Crippen LogP contribution in [0.1, 0.15) is 110 Å². The molecule has 0 aromatic carbocycles. The van der Waals surface area contributed by atoms with Gasteiger partial charge in [0.05, 0.1) is 11.2 Å². The number of ether oxygens (including phenoxy) is 1. The van der Waals surface area contributed by atoms with Gasteiger partial charge in [-0.2, -0.15) is 0 Å². The Morgan fingerprint density at radius 3 is 1.40 bits per heavy atom. The van der Waals surface area contributed by atoms with Crippen LogP contribution < -0.4 is 0 Å². The van der Waals surface area contributed by atoms with E-state index >= 15 is 0 Å². The van der Waals surface area contributed by atoms with Crippen LogP contribution in [0.25, 0.3) is 0 Å². The van der Waals surface area contributed by atoms with E-state index in [0.717, 1.165) is 6.42 Å². The van der Waals surface area contributed by atoms with Crippen LogP contribution in [0, 0.1) is 16.7 Å². The first-order valence-corrected chi connectivity index (χ1v) is 10.3. The Labute approximate surface area is 161 Å². The smallest absolute Gasteiger partial charge is 0.135 e. The van der Waals surface area contributed by atoms with Crippen molar-refractivity contribution in [2.24, 2.45) is 16.7 Å². The summed E-state index contributed by atoms with van der Waals surface area (Å²) in [6.45, 7) is 35.2. The third-order valence-electron chi connectivity index (χ3n) is 7.37. The highest BCUT2D eigenvalue weighted by Crippen LogP contribution is 2.57. The van der Waals surface area contributed by atoms with Crippen LogP contribution in [0.2, 0.25) is 10.6 Å². The molecule has 0 radical (unpaired) electrons. The van der Waals surface area contributed by atoms with Crippen molar-refractivity contribution < 1.29 is 4.74 Å². The lowest BCUT2D eigenvalue weighted by Crippen LogP contribution is -2.50. The molecule has 25 heavy (non-hydrogen) atoms. The van der Waals surface area contributed by atoms with Gasteiger partial charge in [-0.05, 0) is 57.8 Å². The van der Waals surface area contributed by atoms with Gasteiger partial charge >= 0.3 is 0 Å². The molecular weight excluding hydrogens is 303 g/mol. The van der Waals surface area contributed by atoms with Crippen LogP contribution in [0.3, 0.4) is 0 Å². The number of rotatable bonds is 8. The Morgan fingerprint density at radius 2 is 1.08 bits per heavy atom. The Morgan fingerprint density at radius 1 is 0.680 bits per heavy atom. The van der Waals surface area contributed by atoms with Crippen molar-refractivity contribution in [1.29, 1.82) is 0 Å². The second kappa shape index (κ2) is 7.21. The average Bonchev–Trinajstić information content (AvgIpc) is 2.21. The van der Waals surface area contributed by atoms with E-state index in [9.17, 15) is 0 Å². The Balaban J connectivity index is 5.52. The zero-order valence-corrected chi connectivity index (χ0v) is 20.4. The molecule has 1 nitrogen and oxygen atoms in total. The van der Waals surface area contributed by atoms with Gasteiger partial charge in [-0.15, -0.1) is 0 Å². The number of hydrogen-bond donors (Lipinski definition) is 0. The topological polar surface area (TPSA) is 9.23 Å². The van der Waals surface area contributed by atoms with Gasteiger partial charge in [-0.1, -0.05) is 79.9 Å². The van der Waals surface area contributed by atoms with E-state index in [1.807, 2.05) is 0 Å². The second-order valence-electron chi connectivity index (χ2n) is 12.9. The van der Waals surface area contributed by atoms with E-state index in [2.05, 4.69) is 104 Å². The van der Waals surface area contributed by atoms with Crippen molar-refractivity contribution >= 4 is 7.28 Å². The van der Waals surface area contributed by atoms with Crippen LogP contribution in [-0.4, -0.2) is 18.5 Å². The summed E-state index contributed by atoms with van der Waals surface area (Å²) in [6.07, 6.45) is 1.14. The number of hydrogen-bond acceptors (Lipinski definition) is 1. The maximum absolute atomic E-state index is 6.49. The standard InChI is InChI=1S/C23H49BO/c1-17(2)21(10,11)24-22(12,13)19(6,7)16-20(8,9)23(14,15)25-18(3,4)5/h17,24H,16H2,1-15H3. The minimum atomic E-state index is -0.174. The summed E-state index contributed by atoms with van der Waals surface area (Å²) >= 11 is 0. The van der Waals surface area contributed by atoms with Gasteiger partial charge in [0.1, 0.15) is 7.28 Å². The van der Waals surface area contributed by atoms with Crippen molar-refractivity contribution in [1.82, 2.24) is 0 Å². The molecule has 0 aliphatic rings. The van der Waals surface area contributed by atoms with Gasteiger partial charge in [0.2, 0.25) is 0 Å². The van der Waals surface area contributed by atoms with Gasteiger partial charge in [-0.3, -0.25) is 0 Å². The highest BCUT2D eigenvalue weighted by molar-refractivity contribution is 6.44. The Kier molecular flexibility index (Phi) is 7.22. The second-order valence-corrected chi connectivity index (χ2v) is 12.9. The third kappa shape index (κ3) is 6.60. The van der Waals surface area contributed by atoms with Crippen LogP contribution in [0.5, 0.6) is 0 Å². The van der Waals surface area contributed by atoms with E-state index in [1.165, 1.54) is 7.28 Å². The van der Waals surface area contributed by atoms with Crippen LogP contribution in [0.4, 0.5) is 0 Å². The Bertz CT molecular complexity index is 433. The largest absolute Gasteiger partial charge is 0.369 e. The monoisotopic (exact) mass is 352 g/mol. The van der Waals surface area contributed by atoms with Crippen LogP contribution in [0.15, 0.2) is 0 Å². The molecule has 0 atom stereocenters. The summed E-state index contributed by atoms with van der Waals surface area (Å²) < 4.78 is 6.49. The van der Waals surface area contributed by atoms with Crippen LogP contribution in [-0.2, 0) is 4.74 Å². The minimum absolute atomic E-state index is 0.0863. The molecule has 0 aromatic heterocycles. The highest BCUT2D eigenvalue weighted by atomic mass is 16.5. The van der Waals surface area contributed by atoms with E-state index in [4.69, 9.17) is 4.74 Å². The maximum atomic E-state index is 6.49. The molecule has 150 valence electrons. The van der Waals surface area contributed by atoms with Gasteiger partial charge in [0, 0.05) is 0 Å². The van der Waals surface area contributed by atoms with E-state index in [-0.39, 0.29) is 27.3 Å². The predicted molar refractivity (Wildman–Crippen MR) is 117 cm³/mol. The molecule has 0 heterocycles. The maximum Gasteiger partial charge on any atom is 0.135 e. The van der Waals surface area contributed by atoms with Crippen molar-refractivity contribution in [2.75, 3.05) is 0 Å². The molecule has 0 spiro atoms. The first kappa shape index (κ1) is 25.0. The van der Waals surface area contributed by atoms with Crippen LogP contribution >= 0.6 is 0 Å². The third-order valence-corrected chi connectivity index (χ3v) is 7.37. The quantitative estimate of drug-likeness (QED) is 0.411. The van der Waals surface area contributed by atoms with Gasteiger partial charge < -0.3 is 4.74 Å². The predicted octanol–water partition coefficient (Wildman–Crippen LogP) is 7.51. The first-order chi connectivity index (χ1) is 10.6. The summed E-state index contributed by atoms with van der Waals surface area (Å²) in [6, 6.07) is 0. The van der Waals surface area contributed by atoms with Crippen molar-refractivity contribution in [3.63, 3.8) is 0 Å². The van der Waals surface area contributed by atoms with Crippen molar-refractivity contribution in [3.05, 3.63) is 0 Å². The fourth-order valence-electron chi connectivity index (χ4n) is 4.04. The van der Waals surface area contributed by atoms with E-state index in [0.29, 0.717) is 11.2 Å². The summed E-state index contributed by atoms with van der Waals surface area (Å²) in [4.78, 5) is 0. The first-order valence-electron chi connectivity index (χ1n) is 10.3. The molecule has 2 heteroatoms. The summed E-state index contributed by atoms with van der Waals surface area (Å²) in [5, 5.41) is 0.609. The minimum Gasteiger partial charge on any atom is -0.369 e. The van der Waals surface area contributed by atoms with Crippen molar-refractivity contribution in [3.8, 4) is 0 Å². The molecular formula is C23H49BO. The van der Waals surface area contributed by atoms with E-state index in [1.54, 1.807) is 0 Å². The Hall–Kier alpha value is 0.0249. The molecule has 0 saturated carbocycles. The molecule has 0 aliphatic carbocycles. The molecule has 0 unspecified atom stereocenters. The van der Waals surface area contributed by atoms with E-state index < -0.39 is 0 Å². The fourth-order valence-corrected chi connectivity index (χ4v) is 4.04. The molecule has 0 amide bonds.